The lowest BCUT2D eigenvalue weighted by Crippen LogP contribution is -2.51. The molecule has 1 aliphatic heterocycles. The molecule has 1 N–H and O–H groups in total. The van der Waals surface area contributed by atoms with Gasteiger partial charge in [0.25, 0.3) is 0 Å². The van der Waals surface area contributed by atoms with E-state index in [1.807, 2.05) is 27.0 Å². The van der Waals surface area contributed by atoms with Crippen molar-refractivity contribution in [2.45, 2.75) is 75.6 Å². The normalized spacial score (nSPS) is 25.0. The van der Waals surface area contributed by atoms with Crippen LogP contribution in [0.25, 0.3) is 10.9 Å². The zero-order valence-electron chi connectivity index (χ0n) is 22.9. The van der Waals surface area contributed by atoms with Crippen LogP contribution in [0.2, 0.25) is 0 Å². The van der Waals surface area contributed by atoms with Gasteiger partial charge in [0, 0.05) is 43.1 Å². The van der Waals surface area contributed by atoms with Crippen molar-refractivity contribution in [2.24, 2.45) is 18.9 Å². The fourth-order valence-corrected chi connectivity index (χ4v) is 6.66. The molecule has 2 aromatic heterocycles. The van der Waals surface area contributed by atoms with Crippen LogP contribution >= 0.6 is 23.2 Å². The Bertz CT molecular complexity index is 1510. The quantitative estimate of drug-likeness (QED) is 0.303. The number of ketones is 1. The highest BCUT2D eigenvalue weighted by Gasteiger charge is 2.58. The molecule has 1 saturated heterocycles. The molecule has 0 bridgehead atoms. The standard InChI is InChI=1S/C28H32Cl2N6O4/c1-14-7-18(32-34(14)4)13-40-19-5-6-22-20(10-19)26(16(3)37)33-35(22)12-25(38)36-23-8-17(23)9-24(36)27(39)31-15(2)21-11-28(21,29)30/h5-7,10,15,17,21,23-24H,8-9,11-13H2,1-4H3,(H,31,39)/t15-,17-,21-,23-,24+/m1/s1. The fraction of sp³-hybridized carbons (Fsp3) is 0.536. The van der Waals surface area contributed by atoms with Gasteiger partial charge in [-0.25, -0.2) is 0 Å². The number of nitrogens with zero attached hydrogens (tertiary/aromatic N) is 5. The van der Waals surface area contributed by atoms with E-state index in [-0.39, 0.29) is 54.4 Å². The molecule has 0 spiro atoms. The monoisotopic (exact) mass is 586 g/mol. The number of aromatic nitrogens is 4. The van der Waals surface area contributed by atoms with E-state index >= 15 is 0 Å². The van der Waals surface area contributed by atoms with Crippen molar-refractivity contribution in [2.75, 3.05) is 0 Å². The smallest absolute Gasteiger partial charge is 0.245 e. The van der Waals surface area contributed by atoms with E-state index in [0.29, 0.717) is 35.4 Å². The number of aryl methyl sites for hydroxylation is 2. The molecule has 3 fully saturated rings. The van der Waals surface area contributed by atoms with Crippen LogP contribution < -0.4 is 10.1 Å². The van der Waals surface area contributed by atoms with Crippen molar-refractivity contribution in [3.63, 3.8) is 0 Å². The summed E-state index contributed by atoms with van der Waals surface area (Å²) in [6, 6.07) is 6.66. The third kappa shape index (κ3) is 4.96. The van der Waals surface area contributed by atoms with Crippen LogP contribution in [0.15, 0.2) is 24.3 Å². The molecule has 3 aliphatic rings. The number of likely N-dealkylation sites (tertiary alicyclic amines) is 1. The average molecular weight is 588 g/mol. The molecule has 0 unspecified atom stereocenters. The van der Waals surface area contributed by atoms with Gasteiger partial charge in [-0.05, 0) is 63.3 Å². The molecule has 5 atom stereocenters. The second kappa shape index (κ2) is 9.76. The first kappa shape index (κ1) is 27.1. The largest absolute Gasteiger partial charge is 0.487 e. The SMILES string of the molecule is CC(=O)c1nn(CC(=O)N2[C@@H]3C[C@@H]3C[C@H]2C(=O)N[C@H](C)[C@H]2CC2(Cl)Cl)c2ccc(OCc3cc(C)n(C)n3)cc12. The molecule has 1 aromatic carbocycles. The number of nitrogens with one attached hydrogen (secondary N) is 1. The number of ether oxygens (including phenoxy) is 1. The number of rotatable bonds is 9. The number of hydrogen-bond donors (Lipinski definition) is 1. The van der Waals surface area contributed by atoms with Crippen molar-refractivity contribution >= 4 is 51.7 Å². The van der Waals surface area contributed by atoms with Gasteiger partial charge < -0.3 is 15.0 Å². The van der Waals surface area contributed by atoms with Crippen LogP contribution in [0, 0.1) is 18.8 Å². The lowest BCUT2D eigenvalue weighted by atomic mass is 10.1. The van der Waals surface area contributed by atoms with Crippen LogP contribution in [0.4, 0.5) is 0 Å². The van der Waals surface area contributed by atoms with Crippen LogP contribution in [-0.2, 0) is 29.8 Å². The zero-order chi connectivity index (χ0) is 28.5. The molecule has 2 aliphatic carbocycles. The summed E-state index contributed by atoms with van der Waals surface area (Å²) in [6.07, 6.45) is 2.17. The summed E-state index contributed by atoms with van der Waals surface area (Å²) in [4.78, 5) is 41.0. The first-order valence-electron chi connectivity index (χ1n) is 13.6. The number of piperidine rings is 1. The minimum Gasteiger partial charge on any atom is -0.487 e. The first-order valence-corrected chi connectivity index (χ1v) is 14.3. The summed E-state index contributed by atoms with van der Waals surface area (Å²) in [6.45, 7) is 5.52. The maximum atomic E-state index is 13.6. The van der Waals surface area contributed by atoms with Gasteiger partial charge in [-0.3, -0.25) is 23.7 Å². The molecule has 2 saturated carbocycles. The fourth-order valence-electron chi connectivity index (χ4n) is 5.95. The van der Waals surface area contributed by atoms with E-state index in [0.717, 1.165) is 17.8 Å². The first-order chi connectivity index (χ1) is 18.9. The molecule has 10 nitrogen and oxygen atoms in total. The van der Waals surface area contributed by atoms with Crippen LogP contribution in [0.5, 0.6) is 5.75 Å². The molecule has 6 rings (SSSR count). The Morgan fingerprint density at radius 1 is 1.20 bits per heavy atom. The van der Waals surface area contributed by atoms with Gasteiger partial charge in [0.05, 0.1) is 5.52 Å². The Balaban J connectivity index is 1.18. The Morgan fingerprint density at radius 2 is 1.95 bits per heavy atom. The van der Waals surface area contributed by atoms with Crippen LogP contribution in [-0.4, -0.2) is 64.5 Å². The van der Waals surface area contributed by atoms with Gasteiger partial charge >= 0.3 is 0 Å². The van der Waals surface area contributed by atoms with Gasteiger partial charge in [-0.1, -0.05) is 0 Å². The van der Waals surface area contributed by atoms with Crippen molar-refractivity contribution in [3.8, 4) is 5.75 Å². The van der Waals surface area contributed by atoms with E-state index in [2.05, 4.69) is 15.5 Å². The lowest BCUT2D eigenvalue weighted by Gasteiger charge is -2.28. The van der Waals surface area contributed by atoms with Gasteiger partial charge in [0.1, 0.15) is 40.7 Å². The Labute approximate surface area is 241 Å². The summed E-state index contributed by atoms with van der Waals surface area (Å²) in [5, 5.41) is 12.5. The highest BCUT2D eigenvalue weighted by molar-refractivity contribution is 6.51. The number of carbonyl (C=O) groups is 3. The molecule has 40 heavy (non-hydrogen) atoms. The van der Waals surface area contributed by atoms with Crippen molar-refractivity contribution < 1.29 is 19.1 Å². The molecule has 12 heteroatoms. The molecule has 3 heterocycles. The molecule has 212 valence electrons. The van der Waals surface area contributed by atoms with Crippen molar-refractivity contribution in [3.05, 3.63) is 41.3 Å². The second-order valence-electron chi connectivity index (χ2n) is 11.4. The third-order valence-corrected chi connectivity index (χ3v) is 9.30. The lowest BCUT2D eigenvalue weighted by molar-refractivity contribution is -0.140. The van der Waals surface area contributed by atoms with Gasteiger partial charge in [0.2, 0.25) is 11.8 Å². The Kier molecular flexibility index (Phi) is 6.61. The summed E-state index contributed by atoms with van der Waals surface area (Å²) < 4.78 is 8.48. The van der Waals surface area contributed by atoms with E-state index < -0.39 is 10.4 Å². The van der Waals surface area contributed by atoms with Gasteiger partial charge in [-0.15, -0.1) is 23.2 Å². The number of benzene rings is 1. The van der Waals surface area contributed by atoms with Crippen LogP contribution in [0.3, 0.4) is 0 Å². The van der Waals surface area contributed by atoms with Crippen molar-refractivity contribution in [1.82, 2.24) is 29.8 Å². The van der Waals surface area contributed by atoms with E-state index in [1.165, 1.54) is 6.92 Å². The average Bonchev–Trinajstić information content (AvgIpc) is 3.63. The number of amides is 2. The molecule has 0 radical (unpaired) electrons. The number of carbonyl (C=O) groups excluding carboxylic acids is 3. The third-order valence-electron chi connectivity index (χ3n) is 8.43. The maximum Gasteiger partial charge on any atom is 0.245 e. The zero-order valence-corrected chi connectivity index (χ0v) is 24.4. The number of Topliss-reactive ketones (excluding diaryl/α,β-unsaturated/α-hetero) is 1. The van der Waals surface area contributed by atoms with Gasteiger partial charge in [-0.2, -0.15) is 10.2 Å². The maximum absolute atomic E-state index is 13.6. The topological polar surface area (TPSA) is 111 Å². The summed E-state index contributed by atoms with van der Waals surface area (Å²) in [5.41, 5.74) is 2.74. The Hall–Kier alpha value is -3.11. The van der Waals surface area contributed by atoms with Crippen LogP contribution in [0.1, 0.15) is 55.0 Å². The van der Waals surface area contributed by atoms with Crippen molar-refractivity contribution in [1.29, 1.82) is 0 Å². The summed E-state index contributed by atoms with van der Waals surface area (Å²) >= 11 is 12.4. The van der Waals surface area contributed by atoms with Gasteiger partial charge in [0.15, 0.2) is 5.78 Å². The molecular formula is C28H32Cl2N6O4. The van der Waals surface area contributed by atoms with E-state index in [9.17, 15) is 14.4 Å². The molecule has 3 aromatic rings. The summed E-state index contributed by atoms with van der Waals surface area (Å²) in [5.74, 6) is 0.326. The minimum absolute atomic E-state index is 0.00209. The number of halogens is 2. The predicted molar refractivity (Wildman–Crippen MR) is 149 cm³/mol. The Morgan fingerprint density at radius 3 is 2.60 bits per heavy atom. The highest BCUT2D eigenvalue weighted by Crippen LogP contribution is 2.55. The van der Waals surface area contributed by atoms with E-state index in [1.54, 1.807) is 32.5 Å². The molecule has 2 amide bonds. The number of alkyl halides is 2. The van der Waals surface area contributed by atoms with E-state index in [4.69, 9.17) is 27.9 Å². The number of fused-ring (bicyclic) bond motifs is 2. The second-order valence-corrected chi connectivity index (χ2v) is 13.0. The summed E-state index contributed by atoms with van der Waals surface area (Å²) in [7, 11) is 1.87. The molecular weight excluding hydrogens is 555 g/mol. The minimum atomic E-state index is -0.794. The predicted octanol–water partition coefficient (Wildman–Crippen LogP) is 3.55. The highest BCUT2D eigenvalue weighted by atomic mass is 35.5. The number of hydrogen-bond acceptors (Lipinski definition) is 6.